The molecule has 0 spiro atoms. The summed E-state index contributed by atoms with van der Waals surface area (Å²) in [7, 11) is -1.98. The maximum Gasteiger partial charge on any atom is 0.240 e. The summed E-state index contributed by atoms with van der Waals surface area (Å²) >= 11 is 0. The van der Waals surface area contributed by atoms with Crippen molar-refractivity contribution in [3.63, 3.8) is 0 Å². The van der Waals surface area contributed by atoms with Crippen LogP contribution in [0.1, 0.15) is 11.1 Å². The van der Waals surface area contributed by atoms with E-state index in [2.05, 4.69) is 34.3 Å². The molecule has 2 N–H and O–H groups in total. The Morgan fingerprint density at radius 2 is 1.67 bits per heavy atom. The van der Waals surface area contributed by atoms with Crippen LogP contribution in [0.3, 0.4) is 0 Å². The molecule has 0 saturated heterocycles. The van der Waals surface area contributed by atoms with Crippen LogP contribution in [0.4, 0.5) is 5.69 Å². The van der Waals surface area contributed by atoms with Gasteiger partial charge in [0.05, 0.1) is 4.90 Å². The van der Waals surface area contributed by atoms with Crippen LogP contribution in [-0.2, 0) is 22.9 Å². The molecule has 0 aromatic heterocycles. The lowest BCUT2D eigenvalue weighted by Gasteiger charge is -2.14. The van der Waals surface area contributed by atoms with Gasteiger partial charge >= 0.3 is 0 Å². The van der Waals surface area contributed by atoms with Gasteiger partial charge in [-0.15, -0.1) is 0 Å². The zero-order chi connectivity index (χ0) is 14.9. The van der Waals surface area contributed by atoms with Crippen molar-refractivity contribution in [3.05, 3.63) is 59.7 Å². The van der Waals surface area contributed by atoms with E-state index in [4.69, 9.17) is 0 Å². The zero-order valence-electron chi connectivity index (χ0n) is 11.8. The summed E-state index contributed by atoms with van der Waals surface area (Å²) in [5.74, 6) is 0. The van der Waals surface area contributed by atoms with E-state index in [1.54, 1.807) is 18.2 Å². The monoisotopic (exact) mass is 302 g/mol. The molecule has 4 nitrogen and oxygen atoms in total. The van der Waals surface area contributed by atoms with Gasteiger partial charge in [-0.25, -0.2) is 13.1 Å². The predicted octanol–water partition coefficient (Wildman–Crippen LogP) is 2.17. The van der Waals surface area contributed by atoms with E-state index in [-0.39, 0.29) is 4.90 Å². The lowest BCUT2D eigenvalue weighted by molar-refractivity contribution is 0.588. The summed E-state index contributed by atoms with van der Waals surface area (Å²) in [6, 6.07) is 15.7. The standard InChI is InChI=1S/C16H18N2O2S/c1-17-21(19,20)16-8-4-7-14(11-16)18-15-9-12-5-2-3-6-13(12)10-15/h2-8,11,15,17-18H,9-10H2,1H3. The summed E-state index contributed by atoms with van der Waals surface area (Å²) in [4.78, 5) is 0.283. The molecule has 0 amide bonds. The fourth-order valence-corrected chi connectivity index (χ4v) is 3.54. The zero-order valence-corrected chi connectivity index (χ0v) is 12.7. The van der Waals surface area contributed by atoms with Crippen molar-refractivity contribution in [3.8, 4) is 0 Å². The molecule has 0 aliphatic heterocycles. The molecular weight excluding hydrogens is 284 g/mol. The first-order chi connectivity index (χ1) is 10.1. The molecule has 0 fully saturated rings. The molecule has 0 bridgehead atoms. The molecule has 0 atom stereocenters. The molecular formula is C16H18N2O2S. The summed E-state index contributed by atoms with van der Waals surface area (Å²) in [6.45, 7) is 0. The first-order valence-corrected chi connectivity index (χ1v) is 8.44. The van der Waals surface area contributed by atoms with Crippen molar-refractivity contribution in [1.29, 1.82) is 0 Å². The Balaban J connectivity index is 1.77. The van der Waals surface area contributed by atoms with E-state index in [1.807, 2.05) is 6.07 Å². The molecule has 0 heterocycles. The molecule has 0 saturated carbocycles. The van der Waals surface area contributed by atoms with Gasteiger partial charge in [0.2, 0.25) is 10.0 Å². The quantitative estimate of drug-likeness (QED) is 0.910. The number of nitrogens with one attached hydrogen (secondary N) is 2. The molecule has 1 aliphatic carbocycles. The van der Waals surface area contributed by atoms with Gasteiger partial charge in [0.15, 0.2) is 0 Å². The van der Waals surface area contributed by atoms with Gasteiger partial charge in [-0.05, 0) is 49.2 Å². The highest BCUT2D eigenvalue weighted by molar-refractivity contribution is 7.89. The normalized spacial score (nSPS) is 14.9. The Morgan fingerprint density at radius 3 is 2.29 bits per heavy atom. The van der Waals surface area contributed by atoms with Crippen LogP contribution in [0, 0.1) is 0 Å². The average molecular weight is 302 g/mol. The number of hydrogen-bond donors (Lipinski definition) is 2. The summed E-state index contributed by atoms with van der Waals surface area (Å²) in [6.07, 6.45) is 1.94. The molecule has 2 aromatic carbocycles. The number of hydrogen-bond acceptors (Lipinski definition) is 3. The Morgan fingerprint density at radius 1 is 1.00 bits per heavy atom. The number of fused-ring (bicyclic) bond motifs is 1. The smallest absolute Gasteiger partial charge is 0.240 e. The van der Waals surface area contributed by atoms with Crippen molar-refractivity contribution < 1.29 is 8.42 Å². The van der Waals surface area contributed by atoms with Crippen LogP contribution in [0.5, 0.6) is 0 Å². The maximum atomic E-state index is 11.8. The van der Waals surface area contributed by atoms with E-state index in [9.17, 15) is 8.42 Å². The Bertz CT molecular complexity index is 731. The SMILES string of the molecule is CNS(=O)(=O)c1cccc(NC2Cc3ccccc3C2)c1. The number of sulfonamides is 1. The van der Waals surface area contributed by atoms with Crippen LogP contribution in [0.15, 0.2) is 53.4 Å². The molecule has 0 unspecified atom stereocenters. The molecule has 1 aliphatic rings. The lowest BCUT2D eigenvalue weighted by Crippen LogP contribution is -2.21. The van der Waals surface area contributed by atoms with Crippen molar-refractivity contribution in [2.45, 2.75) is 23.8 Å². The number of anilines is 1. The third-order valence-electron chi connectivity index (χ3n) is 3.83. The van der Waals surface area contributed by atoms with Crippen LogP contribution in [-0.4, -0.2) is 21.5 Å². The second-order valence-electron chi connectivity index (χ2n) is 5.25. The van der Waals surface area contributed by atoms with Gasteiger partial charge in [0, 0.05) is 11.7 Å². The minimum atomic E-state index is -3.40. The van der Waals surface area contributed by atoms with Crippen molar-refractivity contribution in [1.82, 2.24) is 4.72 Å². The van der Waals surface area contributed by atoms with E-state index < -0.39 is 10.0 Å². The first-order valence-electron chi connectivity index (χ1n) is 6.95. The van der Waals surface area contributed by atoms with Gasteiger partial charge in [0.25, 0.3) is 0 Å². The Labute approximate surface area is 125 Å². The predicted molar refractivity (Wildman–Crippen MR) is 83.9 cm³/mol. The minimum absolute atomic E-state index is 0.283. The number of benzene rings is 2. The van der Waals surface area contributed by atoms with Crippen LogP contribution in [0.2, 0.25) is 0 Å². The largest absolute Gasteiger partial charge is 0.382 e. The lowest BCUT2D eigenvalue weighted by atomic mass is 10.1. The highest BCUT2D eigenvalue weighted by Gasteiger charge is 2.21. The van der Waals surface area contributed by atoms with Gasteiger partial charge < -0.3 is 5.32 Å². The summed E-state index contributed by atoms with van der Waals surface area (Å²) in [5, 5.41) is 3.43. The highest BCUT2D eigenvalue weighted by Crippen LogP contribution is 2.25. The fraction of sp³-hybridized carbons (Fsp3) is 0.250. The van der Waals surface area contributed by atoms with Gasteiger partial charge in [-0.2, -0.15) is 0 Å². The molecule has 0 radical (unpaired) electrons. The van der Waals surface area contributed by atoms with Crippen LogP contribution >= 0.6 is 0 Å². The summed E-state index contributed by atoms with van der Waals surface area (Å²) < 4.78 is 26.0. The maximum absolute atomic E-state index is 11.8. The van der Waals surface area contributed by atoms with Crippen molar-refractivity contribution >= 4 is 15.7 Å². The van der Waals surface area contributed by atoms with Gasteiger partial charge in [-0.1, -0.05) is 30.3 Å². The molecule has 3 rings (SSSR count). The third kappa shape index (κ3) is 2.94. The third-order valence-corrected chi connectivity index (χ3v) is 5.25. The van der Waals surface area contributed by atoms with Gasteiger partial charge in [-0.3, -0.25) is 0 Å². The van der Waals surface area contributed by atoms with E-state index in [0.29, 0.717) is 6.04 Å². The van der Waals surface area contributed by atoms with Gasteiger partial charge in [0.1, 0.15) is 0 Å². The Hall–Kier alpha value is -1.85. The molecule has 110 valence electrons. The molecule has 2 aromatic rings. The van der Waals surface area contributed by atoms with E-state index in [0.717, 1.165) is 18.5 Å². The first kappa shape index (κ1) is 14.1. The van der Waals surface area contributed by atoms with Crippen LogP contribution < -0.4 is 10.0 Å². The topological polar surface area (TPSA) is 58.2 Å². The average Bonchev–Trinajstić information content (AvgIpc) is 2.89. The second kappa shape index (κ2) is 5.50. The van der Waals surface area contributed by atoms with Crippen molar-refractivity contribution in [2.24, 2.45) is 0 Å². The summed E-state index contributed by atoms with van der Waals surface area (Å²) in [5.41, 5.74) is 3.58. The highest BCUT2D eigenvalue weighted by atomic mass is 32.2. The van der Waals surface area contributed by atoms with Crippen molar-refractivity contribution in [2.75, 3.05) is 12.4 Å². The minimum Gasteiger partial charge on any atom is -0.382 e. The second-order valence-corrected chi connectivity index (χ2v) is 7.14. The fourth-order valence-electron chi connectivity index (χ4n) is 2.77. The van der Waals surface area contributed by atoms with E-state index in [1.165, 1.54) is 18.2 Å². The molecule has 5 heteroatoms. The van der Waals surface area contributed by atoms with Crippen LogP contribution in [0.25, 0.3) is 0 Å². The molecule has 21 heavy (non-hydrogen) atoms. The van der Waals surface area contributed by atoms with E-state index >= 15 is 0 Å². The Kier molecular flexibility index (Phi) is 3.69. The number of rotatable bonds is 4.